The molecule has 2 N–H and O–H groups in total. The van der Waals surface area contributed by atoms with Gasteiger partial charge in [-0.05, 0) is 48.6 Å². The van der Waals surface area contributed by atoms with E-state index >= 15 is 0 Å². The van der Waals surface area contributed by atoms with E-state index in [1.54, 1.807) is 0 Å². The van der Waals surface area contributed by atoms with Gasteiger partial charge >= 0.3 is 0 Å². The maximum absolute atomic E-state index is 9.13. The Bertz CT molecular complexity index is 731. The highest BCUT2D eigenvalue weighted by Gasteiger charge is 2.28. The highest BCUT2D eigenvalue weighted by Crippen LogP contribution is 2.39. The molecule has 3 nitrogen and oxygen atoms in total. The van der Waals surface area contributed by atoms with Crippen LogP contribution in [0.5, 0.6) is 0 Å². The van der Waals surface area contributed by atoms with Crippen LogP contribution in [0.15, 0.2) is 6.07 Å². The quantitative estimate of drug-likeness (QED) is 0.738. The SMILES string of the molecule is CC(C)(C)C1CCCc2nc3sc(C#N)c(N)c3cc2C1. The summed E-state index contributed by atoms with van der Waals surface area (Å²) in [4.78, 5) is 6.31. The molecule has 0 saturated heterocycles. The maximum Gasteiger partial charge on any atom is 0.130 e. The summed E-state index contributed by atoms with van der Waals surface area (Å²) in [6.45, 7) is 6.96. The van der Waals surface area contributed by atoms with E-state index in [2.05, 4.69) is 32.9 Å². The molecule has 1 unspecified atom stereocenters. The fraction of sp³-hybridized carbons (Fsp3) is 0.529. The Kier molecular flexibility index (Phi) is 3.41. The summed E-state index contributed by atoms with van der Waals surface area (Å²) in [6.07, 6.45) is 4.56. The van der Waals surface area contributed by atoms with Crippen LogP contribution in [0.25, 0.3) is 10.2 Å². The molecule has 0 saturated carbocycles. The summed E-state index contributed by atoms with van der Waals surface area (Å²) in [7, 11) is 0. The van der Waals surface area contributed by atoms with Crippen molar-refractivity contribution in [2.45, 2.75) is 46.5 Å². The number of thiophene rings is 1. The molecule has 1 aliphatic carbocycles. The minimum atomic E-state index is 0.314. The van der Waals surface area contributed by atoms with Crippen molar-refractivity contribution in [3.8, 4) is 6.07 Å². The number of hydrogen-bond donors (Lipinski definition) is 1. The van der Waals surface area contributed by atoms with Crippen molar-refractivity contribution in [1.82, 2.24) is 4.98 Å². The van der Waals surface area contributed by atoms with Gasteiger partial charge in [0.15, 0.2) is 0 Å². The van der Waals surface area contributed by atoms with Gasteiger partial charge in [0, 0.05) is 11.1 Å². The lowest BCUT2D eigenvalue weighted by molar-refractivity contribution is 0.224. The lowest BCUT2D eigenvalue weighted by Gasteiger charge is -2.29. The van der Waals surface area contributed by atoms with Crippen molar-refractivity contribution in [3.05, 3.63) is 22.2 Å². The number of anilines is 1. The number of nitrogen functional groups attached to an aromatic ring is 1. The molecule has 2 aromatic heterocycles. The first kappa shape index (κ1) is 14.3. The second-order valence-corrected chi connectivity index (χ2v) is 8.06. The molecule has 0 bridgehead atoms. The molecule has 4 heteroatoms. The Morgan fingerprint density at radius 2 is 2.19 bits per heavy atom. The smallest absolute Gasteiger partial charge is 0.130 e. The third kappa shape index (κ3) is 2.51. The number of pyridine rings is 1. The normalized spacial score (nSPS) is 19.0. The van der Waals surface area contributed by atoms with Crippen molar-refractivity contribution in [2.24, 2.45) is 11.3 Å². The molecule has 110 valence electrons. The molecule has 0 aromatic carbocycles. The molecule has 2 aromatic rings. The second-order valence-electron chi connectivity index (χ2n) is 7.06. The molecular formula is C17H21N3S. The summed E-state index contributed by atoms with van der Waals surface area (Å²) in [5.41, 5.74) is 9.54. The van der Waals surface area contributed by atoms with Gasteiger partial charge in [-0.3, -0.25) is 0 Å². The molecule has 0 radical (unpaired) electrons. The topological polar surface area (TPSA) is 62.7 Å². The number of nitriles is 1. The minimum Gasteiger partial charge on any atom is -0.396 e. The number of aromatic nitrogens is 1. The molecule has 0 aliphatic heterocycles. The van der Waals surface area contributed by atoms with E-state index in [0.717, 1.165) is 23.1 Å². The number of nitrogens with zero attached hydrogens (tertiary/aromatic N) is 2. The summed E-state index contributed by atoms with van der Waals surface area (Å²) in [6, 6.07) is 4.36. The van der Waals surface area contributed by atoms with Crippen LogP contribution in [0, 0.1) is 22.7 Å². The van der Waals surface area contributed by atoms with Crippen molar-refractivity contribution < 1.29 is 0 Å². The van der Waals surface area contributed by atoms with Gasteiger partial charge in [0.2, 0.25) is 0 Å². The van der Waals surface area contributed by atoms with Gasteiger partial charge in [-0.2, -0.15) is 5.26 Å². The van der Waals surface area contributed by atoms with Gasteiger partial charge in [-0.25, -0.2) is 4.98 Å². The van der Waals surface area contributed by atoms with Gasteiger partial charge in [-0.1, -0.05) is 20.8 Å². The second kappa shape index (κ2) is 4.99. The van der Waals surface area contributed by atoms with Gasteiger partial charge in [0.05, 0.1) is 5.69 Å². The Balaban J connectivity index is 2.10. The monoisotopic (exact) mass is 299 g/mol. The standard InChI is InChI=1S/C17H21N3S/c1-17(2,3)11-5-4-6-13-10(7-11)8-12-15(19)14(9-18)21-16(12)20-13/h8,11H,4-7,19H2,1-3H3. The molecule has 0 amide bonds. The molecule has 3 rings (SSSR count). The van der Waals surface area contributed by atoms with Crippen LogP contribution in [0.1, 0.15) is 49.7 Å². The first-order valence-electron chi connectivity index (χ1n) is 7.51. The third-order valence-corrected chi connectivity index (χ3v) is 5.67. The van der Waals surface area contributed by atoms with Gasteiger partial charge in [0.1, 0.15) is 15.8 Å². The Labute approximate surface area is 129 Å². The number of fused-ring (bicyclic) bond motifs is 2. The van der Waals surface area contributed by atoms with Gasteiger partial charge in [-0.15, -0.1) is 11.3 Å². The summed E-state index contributed by atoms with van der Waals surface area (Å²) >= 11 is 1.41. The van der Waals surface area contributed by atoms with Crippen molar-refractivity contribution in [3.63, 3.8) is 0 Å². The van der Waals surface area contributed by atoms with Crippen LogP contribution in [0.3, 0.4) is 0 Å². The third-order valence-electron chi connectivity index (χ3n) is 4.65. The fourth-order valence-corrected chi connectivity index (χ4v) is 4.11. The fourth-order valence-electron chi connectivity index (χ4n) is 3.22. The van der Waals surface area contributed by atoms with Crippen molar-refractivity contribution >= 4 is 27.2 Å². The number of rotatable bonds is 0. The van der Waals surface area contributed by atoms with Gasteiger partial charge in [0.25, 0.3) is 0 Å². The summed E-state index contributed by atoms with van der Waals surface area (Å²) in [5.74, 6) is 0.674. The van der Waals surface area contributed by atoms with E-state index in [1.807, 2.05) is 0 Å². The van der Waals surface area contributed by atoms with Crippen LogP contribution < -0.4 is 5.73 Å². The molecular weight excluding hydrogens is 278 g/mol. The zero-order valence-corrected chi connectivity index (χ0v) is 13.7. The highest BCUT2D eigenvalue weighted by atomic mass is 32.1. The average molecular weight is 299 g/mol. The molecule has 0 spiro atoms. The van der Waals surface area contributed by atoms with E-state index in [4.69, 9.17) is 16.0 Å². The Morgan fingerprint density at radius 1 is 1.43 bits per heavy atom. The molecule has 0 fully saturated rings. The number of hydrogen-bond acceptors (Lipinski definition) is 4. The lowest BCUT2D eigenvalue weighted by Crippen LogP contribution is -2.22. The average Bonchev–Trinajstić information content (AvgIpc) is 2.60. The maximum atomic E-state index is 9.13. The summed E-state index contributed by atoms with van der Waals surface area (Å²) < 4.78 is 0. The number of nitrogens with two attached hydrogens (primary N) is 1. The van der Waals surface area contributed by atoms with E-state index in [9.17, 15) is 0 Å². The van der Waals surface area contributed by atoms with E-state index in [-0.39, 0.29) is 0 Å². The van der Waals surface area contributed by atoms with E-state index < -0.39 is 0 Å². The van der Waals surface area contributed by atoms with E-state index in [0.29, 0.717) is 21.9 Å². The largest absolute Gasteiger partial charge is 0.396 e. The van der Waals surface area contributed by atoms with Crippen LogP contribution in [-0.4, -0.2) is 4.98 Å². The Morgan fingerprint density at radius 3 is 2.86 bits per heavy atom. The van der Waals surface area contributed by atoms with Crippen LogP contribution >= 0.6 is 11.3 Å². The minimum absolute atomic E-state index is 0.314. The summed E-state index contributed by atoms with van der Waals surface area (Å²) in [5, 5.41) is 10.1. The van der Waals surface area contributed by atoms with Crippen LogP contribution in [0.2, 0.25) is 0 Å². The van der Waals surface area contributed by atoms with Crippen molar-refractivity contribution in [2.75, 3.05) is 5.73 Å². The van der Waals surface area contributed by atoms with E-state index in [1.165, 1.54) is 35.4 Å². The lowest BCUT2D eigenvalue weighted by atomic mass is 9.76. The first-order valence-corrected chi connectivity index (χ1v) is 8.32. The van der Waals surface area contributed by atoms with Crippen LogP contribution in [-0.2, 0) is 12.8 Å². The molecule has 1 atom stereocenters. The highest BCUT2D eigenvalue weighted by molar-refractivity contribution is 7.19. The Hall–Kier alpha value is -1.60. The molecule has 2 heterocycles. The first-order chi connectivity index (χ1) is 9.90. The molecule has 21 heavy (non-hydrogen) atoms. The zero-order chi connectivity index (χ0) is 15.2. The predicted molar refractivity (Wildman–Crippen MR) is 88.3 cm³/mol. The number of aryl methyl sites for hydroxylation is 1. The van der Waals surface area contributed by atoms with Crippen LogP contribution in [0.4, 0.5) is 5.69 Å². The predicted octanol–water partition coefficient (Wildman–Crippen LogP) is 4.29. The van der Waals surface area contributed by atoms with Crippen molar-refractivity contribution in [1.29, 1.82) is 5.26 Å². The zero-order valence-electron chi connectivity index (χ0n) is 12.9. The molecule has 1 aliphatic rings. The van der Waals surface area contributed by atoms with Gasteiger partial charge < -0.3 is 5.73 Å².